The summed E-state index contributed by atoms with van der Waals surface area (Å²) in [5.74, 6) is 5.21. The third kappa shape index (κ3) is 12.9. The maximum absolute atomic E-state index is 9.28. The van der Waals surface area contributed by atoms with Gasteiger partial charge in [0.1, 0.15) is 5.75 Å². The van der Waals surface area contributed by atoms with Gasteiger partial charge in [-0.15, -0.1) is 12.4 Å². The van der Waals surface area contributed by atoms with Crippen molar-refractivity contribution in [2.75, 3.05) is 20.3 Å². The molecule has 0 unspecified atom stereocenters. The second-order valence-electron chi connectivity index (χ2n) is 4.69. The number of methoxy groups -OCH3 is 1. The molecule has 0 aliphatic carbocycles. The second kappa shape index (κ2) is 20.4. The quantitative estimate of drug-likeness (QED) is 0.394. The number of phenols is 2. The van der Waals surface area contributed by atoms with E-state index in [0.717, 1.165) is 0 Å². The van der Waals surface area contributed by atoms with Gasteiger partial charge in [-0.1, -0.05) is 6.07 Å². The van der Waals surface area contributed by atoms with Crippen molar-refractivity contribution < 1.29 is 29.6 Å². The molecule has 0 bridgehead atoms. The second-order valence-corrected chi connectivity index (χ2v) is 4.69. The molecule has 30 heavy (non-hydrogen) atoms. The highest BCUT2D eigenvalue weighted by Crippen LogP contribution is 2.30. The minimum absolute atomic E-state index is 0. The van der Waals surface area contributed by atoms with E-state index >= 15 is 0 Å². The summed E-state index contributed by atoms with van der Waals surface area (Å²) < 4.78 is 15.2. The normalized spacial score (nSPS) is 7.87. The third-order valence-electron chi connectivity index (χ3n) is 2.84. The van der Waals surface area contributed by atoms with E-state index in [9.17, 15) is 10.2 Å². The average Bonchev–Trinajstić information content (AvgIpc) is 2.74. The van der Waals surface area contributed by atoms with Crippen molar-refractivity contribution in [2.45, 2.75) is 20.8 Å². The van der Waals surface area contributed by atoms with Crippen molar-refractivity contribution in [3.8, 4) is 34.8 Å². The first-order valence-electron chi connectivity index (χ1n) is 8.36. The van der Waals surface area contributed by atoms with Crippen LogP contribution in [0.25, 0.3) is 4.85 Å². The zero-order valence-corrected chi connectivity index (χ0v) is 18.1. The molecule has 2 rings (SSSR count). The zero-order valence-electron chi connectivity index (χ0n) is 17.3. The van der Waals surface area contributed by atoms with E-state index in [1.165, 1.54) is 19.1 Å². The molecule has 0 aliphatic rings. The van der Waals surface area contributed by atoms with Gasteiger partial charge in [0.05, 0.1) is 33.0 Å². The SMILES string of the molecule is CC#N.CCOc1cc(OC)ccc1O.Cl.NO.[C-]#[N+]c1ccc(O)c(OCC)c1. The van der Waals surface area contributed by atoms with E-state index in [-0.39, 0.29) is 23.9 Å². The van der Waals surface area contributed by atoms with Gasteiger partial charge in [0.25, 0.3) is 0 Å². The molecule has 10 heteroatoms. The predicted octanol–water partition coefficient (Wildman–Crippen LogP) is 4.43. The van der Waals surface area contributed by atoms with E-state index < -0.39 is 0 Å². The van der Waals surface area contributed by atoms with E-state index in [1.54, 1.807) is 37.4 Å². The summed E-state index contributed by atoms with van der Waals surface area (Å²) in [6, 6.07) is 11.1. The van der Waals surface area contributed by atoms with E-state index in [4.69, 9.17) is 31.3 Å². The highest BCUT2D eigenvalue weighted by atomic mass is 35.5. The number of halogens is 1. The molecule has 2 aromatic carbocycles. The van der Waals surface area contributed by atoms with E-state index in [1.807, 2.05) is 13.8 Å². The number of nitrogens with zero attached hydrogens (tertiary/aromatic N) is 2. The van der Waals surface area contributed by atoms with Crippen molar-refractivity contribution in [2.24, 2.45) is 5.90 Å². The molecule has 2 aromatic rings. The smallest absolute Gasteiger partial charge is 0.191 e. The molecule has 0 radical (unpaired) electrons. The summed E-state index contributed by atoms with van der Waals surface area (Å²) in [4.78, 5) is 3.21. The Hall–Kier alpha value is -3.37. The number of nitrogens with two attached hydrogens (primary N) is 1. The largest absolute Gasteiger partial charge is 0.504 e. The Balaban J connectivity index is -0.000000390. The van der Waals surface area contributed by atoms with Gasteiger partial charge in [-0.25, -0.2) is 10.7 Å². The van der Waals surface area contributed by atoms with Crippen molar-refractivity contribution >= 4 is 18.1 Å². The summed E-state index contributed by atoms with van der Waals surface area (Å²) in [6.45, 7) is 12.9. The lowest BCUT2D eigenvalue weighted by Gasteiger charge is -2.06. The van der Waals surface area contributed by atoms with Gasteiger partial charge < -0.3 is 29.6 Å². The van der Waals surface area contributed by atoms with Crippen LogP contribution in [0.5, 0.6) is 28.7 Å². The number of hydrogen-bond acceptors (Lipinski definition) is 8. The molecule has 0 saturated heterocycles. The summed E-state index contributed by atoms with van der Waals surface area (Å²) in [5.41, 5.74) is 0.469. The van der Waals surface area contributed by atoms with Crippen LogP contribution in [-0.2, 0) is 0 Å². The van der Waals surface area contributed by atoms with Crippen LogP contribution in [0, 0.1) is 17.9 Å². The molecule has 9 nitrogen and oxygen atoms in total. The molecule has 0 heterocycles. The van der Waals surface area contributed by atoms with Gasteiger partial charge in [0, 0.05) is 13.0 Å². The van der Waals surface area contributed by atoms with Crippen LogP contribution >= 0.6 is 12.4 Å². The molecule has 166 valence electrons. The van der Waals surface area contributed by atoms with Gasteiger partial charge >= 0.3 is 0 Å². The fraction of sp³-hybridized carbons (Fsp3) is 0.300. The van der Waals surface area contributed by atoms with Gasteiger partial charge in [0.15, 0.2) is 28.7 Å². The van der Waals surface area contributed by atoms with Gasteiger partial charge in [-0.2, -0.15) is 5.26 Å². The highest BCUT2D eigenvalue weighted by molar-refractivity contribution is 5.85. The Kier molecular flexibility index (Phi) is 21.3. The highest BCUT2D eigenvalue weighted by Gasteiger charge is 2.03. The number of ether oxygens (including phenoxy) is 3. The number of phenolic OH excluding ortho intramolecular Hbond substituents is 2. The lowest BCUT2D eigenvalue weighted by molar-refractivity contribution is 0.311. The Morgan fingerprint density at radius 2 is 1.43 bits per heavy atom. The molecule has 5 N–H and O–H groups in total. The molecule has 0 aromatic heterocycles. The van der Waals surface area contributed by atoms with Gasteiger partial charge in [-0.3, -0.25) is 0 Å². The number of rotatable bonds is 5. The lowest BCUT2D eigenvalue weighted by atomic mass is 10.3. The molecule has 0 saturated carbocycles. The van der Waals surface area contributed by atoms with Crippen LogP contribution < -0.4 is 20.1 Å². The Morgan fingerprint density at radius 3 is 1.83 bits per heavy atom. The van der Waals surface area contributed by atoms with Crippen molar-refractivity contribution in [3.63, 3.8) is 0 Å². The minimum Gasteiger partial charge on any atom is -0.504 e. The molecular formula is C20H28ClN3O6. The van der Waals surface area contributed by atoms with Crippen LogP contribution in [0.4, 0.5) is 5.69 Å². The first kappa shape index (κ1) is 31.3. The number of hydrogen-bond donors (Lipinski definition) is 4. The maximum atomic E-state index is 9.28. The third-order valence-corrected chi connectivity index (χ3v) is 2.84. The summed E-state index contributed by atoms with van der Waals surface area (Å²) in [5, 5.41) is 32.3. The van der Waals surface area contributed by atoms with Crippen molar-refractivity contribution in [3.05, 3.63) is 47.8 Å². The average molecular weight is 442 g/mol. The molecule has 0 fully saturated rings. The molecule has 0 atom stereocenters. The molecule has 0 spiro atoms. The van der Waals surface area contributed by atoms with Gasteiger partial charge in [0.2, 0.25) is 0 Å². The molecule has 0 amide bonds. The van der Waals surface area contributed by atoms with Crippen LogP contribution in [0.15, 0.2) is 36.4 Å². The topological polar surface area (TPSA) is 143 Å². The predicted molar refractivity (Wildman–Crippen MR) is 116 cm³/mol. The van der Waals surface area contributed by atoms with Crippen molar-refractivity contribution in [1.29, 1.82) is 5.26 Å². The lowest BCUT2D eigenvalue weighted by Crippen LogP contribution is -1.92. The number of nitriles is 1. The maximum Gasteiger partial charge on any atom is 0.191 e. The zero-order chi connectivity index (χ0) is 22.7. The van der Waals surface area contributed by atoms with Crippen LogP contribution in [0.2, 0.25) is 0 Å². The van der Waals surface area contributed by atoms with Crippen LogP contribution in [0.3, 0.4) is 0 Å². The number of aromatic hydroxyl groups is 2. The summed E-state index contributed by atoms with van der Waals surface area (Å²) in [7, 11) is 1.57. The minimum atomic E-state index is 0. The number of benzene rings is 2. The molecular weight excluding hydrogens is 414 g/mol. The van der Waals surface area contributed by atoms with Crippen LogP contribution in [0.1, 0.15) is 20.8 Å². The Bertz CT molecular complexity index is 791. The monoisotopic (exact) mass is 441 g/mol. The van der Waals surface area contributed by atoms with Crippen LogP contribution in [-0.4, -0.2) is 35.7 Å². The van der Waals surface area contributed by atoms with Gasteiger partial charge in [-0.05, 0) is 38.1 Å². The first-order chi connectivity index (χ1) is 14.0. The fourth-order valence-electron chi connectivity index (χ4n) is 1.74. The summed E-state index contributed by atoms with van der Waals surface area (Å²) in [6.07, 6.45) is 0. The van der Waals surface area contributed by atoms with Crippen molar-refractivity contribution in [1.82, 2.24) is 0 Å². The summed E-state index contributed by atoms with van der Waals surface area (Å²) >= 11 is 0. The van der Waals surface area contributed by atoms with E-state index in [0.29, 0.717) is 36.1 Å². The Morgan fingerprint density at radius 1 is 1.00 bits per heavy atom. The Labute approximate surface area is 183 Å². The molecule has 0 aliphatic heterocycles. The first-order valence-corrected chi connectivity index (χ1v) is 8.36. The standard InChI is InChI=1S/C9H9NO2.C9H12O3.C2H3N.ClH.H3NO/c1-3-12-9-6-7(10-2)4-5-8(9)11;1-3-12-9-6-7(11-2)4-5-8(9)10;1-2-3;;1-2/h4-6,11H,3H2,1H3;4-6,10H,3H2,1-2H3;1H3;1H;2H,1H2. The fourth-order valence-corrected chi connectivity index (χ4v) is 1.74. The van der Waals surface area contributed by atoms with E-state index in [2.05, 4.69) is 10.7 Å².